The van der Waals surface area contributed by atoms with Gasteiger partial charge in [0.25, 0.3) is 6.43 Å². The first-order valence-electron chi connectivity index (χ1n) is 6.86. The van der Waals surface area contributed by atoms with Crippen molar-refractivity contribution in [1.29, 1.82) is 0 Å². The predicted octanol–water partition coefficient (Wildman–Crippen LogP) is 3.45. The smallest absolute Gasteiger partial charge is 0.259 e. The Labute approximate surface area is 122 Å². The number of hydrogen-bond donors (Lipinski definition) is 0. The van der Waals surface area contributed by atoms with Gasteiger partial charge in [-0.15, -0.1) is 0 Å². The number of nitrogens with zero attached hydrogens (tertiary/aromatic N) is 1. The highest BCUT2D eigenvalue weighted by Crippen LogP contribution is 2.39. The highest BCUT2D eigenvalue weighted by atomic mass is 19.3. The van der Waals surface area contributed by atoms with Gasteiger partial charge in [-0.25, -0.2) is 8.78 Å². The standard InChI is InChI=1S/C17H15F2NO/c18-16(19)15-14(13-9-5-2-6-10-13)17(21)20(15)11-12-7-3-1-4-8-12/h1-10,14-16H,11H2/t14-,15+/m0/s1. The number of carbonyl (C=O) groups excluding carboxylic acids is 1. The summed E-state index contributed by atoms with van der Waals surface area (Å²) in [4.78, 5) is 13.5. The van der Waals surface area contributed by atoms with E-state index in [1.807, 2.05) is 36.4 Å². The third kappa shape index (κ3) is 2.53. The molecular formula is C17H15F2NO. The summed E-state index contributed by atoms with van der Waals surface area (Å²) in [5, 5.41) is 0. The van der Waals surface area contributed by atoms with Crippen molar-refractivity contribution in [3.8, 4) is 0 Å². The fraction of sp³-hybridized carbons (Fsp3) is 0.235. The molecule has 2 aromatic carbocycles. The Hall–Kier alpha value is -2.23. The van der Waals surface area contributed by atoms with Crippen molar-refractivity contribution in [1.82, 2.24) is 4.90 Å². The Balaban J connectivity index is 1.82. The third-order valence-electron chi connectivity index (χ3n) is 3.86. The minimum atomic E-state index is -2.54. The van der Waals surface area contributed by atoms with Crippen molar-refractivity contribution in [2.24, 2.45) is 0 Å². The average Bonchev–Trinajstić information content (AvgIpc) is 2.51. The molecule has 3 rings (SSSR count). The quantitative estimate of drug-likeness (QED) is 0.789. The first kappa shape index (κ1) is 13.7. The molecule has 1 amide bonds. The molecule has 1 saturated heterocycles. The Bertz CT molecular complexity index is 615. The van der Waals surface area contributed by atoms with E-state index in [1.54, 1.807) is 24.3 Å². The fourth-order valence-electron chi connectivity index (χ4n) is 2.81. The first-order chi connectivity index (χ1) is 10.2. The molecule has 0 N–H and O–H groups in total. The number of likely N-dealkylation sites (tertiary alicyclic amines) is 1. The van der Waals surface area contributed by atoms with Crippen molar-refractivity contribution in [3.63, 3.8) is 0 Å². The molecule has 2 nitrogen and oxygen atoms in total. The van der Waals surface area contributed by atoms with Gasteiger partial charge in [0.2, 0.25) is 5.91 Å². The Morgan fingerprint density at radius 2 is 1.52 bits per heavy atom. The summed E-state index contributed by atoms with van der Waals surface area (Å²) in [6.07, 6.45) is -2.54. The third-order valence-corrected chi connectivity index (χ3v) is 3.86. The lowest BCUT2D eigenvalue weighted by molar-refractivity contribution is -0.160. The molecule has 0 unspecified atom stereocenters. The molecule has 2 aromatic rings. The van der Waals surface area contributed by atoms with Crippen molar-refractivity contribution < 1.29 is 13.6 Å². The maximum Gasteiger partial charge on any atom is 0.259 e. The van der Waals surface area contributed by atoms with Gasteiger partial charge in [0.15, 0.2) is 0 Å². The zero-order valence-corrected chi connectivity index (χ0v) is 11.3. The van der Waals surface area contributed by atoms with Crippen LogP contribution in [0.1, 0.15) is 17.0 Å². The van der Waals surface area contributed by atoms with Gasteiger partial charge in [0, 0.05) is 6.54 Å². The van der Waals surface area contributed by atoms with Gasteiger partial charge in [-0.05, 0) is 11.1 Å². The summed E-state index contributed by atoms with van der Waals surface area (Å²) in [6.45, 7) is 0.234. The van der Waals surface area contributed by atoms with E-state index in [4.69, 9.17) is 0 Å². The van der Waals surface area contributed by atoms with E-state index in [0.717, 1.165) is 5.56 Å². The van der Waals surface area contributed by atoms with Crippen LogP contribution in [0.4, 0.5) is 8.78 Å². The summed E-state index contributed by atoms with van der Waals surface area (Å²) >= 11 is 0. The van der Waals surface area contributed by atoms with Crippen LogP contribution in [0.15, 0.2) is 60.7 Å². The SMILES string of the molecule is O=C1[C@@H](c2ccccc2)[C@H](C(F)F)N1Cc1ccccc1. The first-order valence-corrected chi connectivity index (χ1v) is 6.86. The number of carbonyl (C=O) groups is 1. The Kier molecular flexibility index (Phi) is 3.69. The lowest BCUT2D eigenvalue weighted by Crippen LogP contribution is -2.61. The lowest BCUT2D eigenvalue weighted by Gasteiger charge is -2.47. The summed E-state index contributed by atoms with van der Waals surface area (Å²) in [6, 6.07) is 17.0. The van der Waals surface area contributed by atoms with E-state index < -0.39 is 18.4 Å². The fourth-order valence-corrected chi connectivity index (χ4v) is 2.81. The Morgan fingerprint density at radius 3 is 2.10 bits per heavy atom. The van der Waals surface area contributed by atoms with E-state index >= 15 is 0 Å². The highest BCUT2D eigenvalue weighted by Gasteiger charge is 2.52. The summed E-state index contributed by atoms with van der Waals surface area (Å²) in [5.41, 5.74) is 1.53. The summed E-state index contributed by atoms with van der Waals surface area (Å²) in [5.74, 6) is -0.953. The van der Waals surface area contributed by atoms with Gasteiger partial charge in [-0.3, -0.25) is 4.79 Å². The second-order valence-corrected chi connectivity index (χ2v) is 5.17. The molecule has 0 radical (unpaired) electrons. The van der Waals surface area contributed by atoms with Crippen LogP contribution in [0, 0.1) is 0 Å². The van der Waals surface area contributed by atoms with Crippen LogP contribution in [0.2, 0.25) is 0 Å². The highest BCUT2D eigenvalue weighted by molar-refractivity contribution is 5.91. The number of rotatable bonds is 4. The molecule has 0 spiro atoms. The van der Waals surface area contributed by atoms with E-state index in [2.05, 4.69) is 0 Å². The van der Waals surface area contributed by atoms with E-state index in [-0.39, 0.29) is 12.5 Å². The minimum Gasteiger partial charge on any atom is -0.328 e. The van der Waals surface area contributed by atoms with Crippen LogP contribution in [-0.2, 0) is 11.3 Å². The van der Waals surface area contributed by atoms with Crippen molar-refractivity contribution in [2.75, 3.05) is 0 Å². The van der Waals surface area contributed by atoms with Crippen LogP contribution in [0.5, 0.6) is 0 Å². The Morgan fingerprint density at radius 1 is 0.952 bits per heavy atom. The molecule has 0 aromatic heterocycles. The van der Waals surface area contributed by atoms with Crippen LogP contribution in [0.3, 0.4) is 0 Å². The van der Waals surface area contributed by atoms with Gasteiger partial charge in [-0.2, -0.15) is 0 Å². The number of amides is 1. The number of alkyl halides is 2. The molecule has 1 aliphatic rings. The van der Waals surface area contributed by atoms with E-state index in [1.165, 1.54) is 4.90 Å². The van der Waals surface area contributed by atoms with Gasteiger partial charge in [-0.1, -0.05) is 60.7 Å². The number of benzene rings is 2. The zero-order chi connectivity index (χ0) is 14.8. The molecular weight excluding hydrogens is 272 g/mol. The van der Waals surface area contributed by atoms with Crippen LogP contribution in [-0.4, -0.2) is 23.3 Å². The van der Waals surface area contributed by atoms with Crippen LogP contribution >= 0.6 is 0 Å². The monoisotopic (exact) mass is 287 g/mol. The topological polar surface area (TPSA) is 20.3 Å². The van der Waals surface area contributed by atoms with Crippen molar-refractivity contribution in [2.45, 2.75) is 24.9 Å². The largest absolute Gasteiger partial charge is 0.328 e. The molecule has 1 aliphatic heterocycles. The maximum atomic E-state index is 13.3. The zero-order valence-electron chi connectivity index (χ0n) is 11.3. The van der Waals surface area contributed by atoms with Gasteiger partial charge >= 0.3 is 0 Å². The minimum absolute atomic E-state index is 0.227. The number of halogens is 2. The van der Waals surface area contributed by atoms with Crippen molar-refractivity contribution in [3.05, 3.63) is 71.8 Å². The number of β-lactam (4-membered cyclic amide) rings is 1. The normalized spacial score (nSPS) is 21.5. The predicted molar refractivity (Wildman–Crippen MR) is 76.0 cm³/mol. The molecule has 0 aliphatic carbocycles. The molecule has 0 saturated carbocycles. The molecule has 1 fully saturated rings. The van der Waals surface area contributed by atoms with E-state index in [9.17, 15) is 13.6 Å². The average molecular weight is 287 g/mol. The van der Waals surface area contributed by atoms with Gasteiger partial charge in [0.05, 0.1) is 5.92 Å². The lowest BCUT2D eigenvalue weighted by atomic mass is 9.81. The van der Waals surface area contributed by atoms with Crippen LogP contribution in [0.25, 0.3) is 0 Å². The van der Waals surface area contributed by atoms with Crippen molar-refractivity contribution >= 4 is 5.91 Å². The molecule has 108 valence electrons. The van der Waals surface area contributed by atoms with Crippen LogP contribution < -0.4 is 0 Å². The second kappa shape index (κ2) is 5.64. The summed E-state index contributed by atoms with van der Waals surface area (Å²) in [7, 11) is 0. The number of hydrogen-bond acceptors (Lipinski definition) is 1. The molecule has 4 heteroatoms. The molecule has 1 heterocycles. The van der Waals surface area contributed by atoms with E-state index in [0.29, 0.717) is 5.56 Å². The molecule has 0 bridgehead atoms. The molecule has 2 atom stereocenters. The molecule has 21 heavy (non-hydrogen) atoms. The second-order valence-electron chi connectivity index (χ2n) is 5.17. The van der Waals surface area contributed by atoms with Gasteiger partial charge < -0.3 is 4.90 Å². The maximum absolute atomic E-state index is 13.3. The summed E-state index contributed by atoms with van der Waals surface area (Å²) < 4.78 is 26.7. The van der Waals surface area contributed by atoms with Gasteiger partial charge in [0.1, 0.15) is 6.04 Å².